The third kappa shape index (κ3) is 6.66. The first-order valence-electron chi connectivity index (χ1n) is 9.13. The van der Waals surface area contributed by atoms with E-state index in [1.165, 1.54) is 57.9 Å². The van der Waals surface area contributed by atoms with E-state index in [9.17, 15) is 0 Å². The van der Waals surface area contributed by atoms with Gasteiger partial charge in [0.1, 0.15) is 0 Å². The van der Waals surface area contributed by atoms with Gasteiger partial charge in [-0.2, -0.15) is 0 Å². The van der Waals surface area contributed by atoms with Crippen LogP contribution in [0, 0.1) is 17.8 Å². The van der Waals surface area contributed by atoms with Crippen LogP contribution in [-0.4, -0.2) is 39.5 Å². The first-order valence-corrected chi connectivity index (χ1v) is 9.13. The molecule has 0 aliphatic heterocycles. The fourth-order valence-corrected chi connectivity index (χ4v) is 3.71. The molecule has 2 aliphatic rings. The maximum Gasteiger partial charge on any atom is 0.0700 e. The van der Waals surface area contributed by atoms with Crippen molar-refractivity contribution in [3.8, 4) is 0 Å². The zero-order chi connectivity index (χ0) is 14.9. The highest BCUT2D eigenvalue weighted by molar-refractivity contribution is 4.86. The van der Waals surface area contributed by atoms with Gasteiger partial charge in [-0.1, -0.05) is 19.8 Å². The van der Waals surface area contributed by atoms with Crippen molar-refractivity contribution in [3.63, 3.8) is 0 Å². The third-order valence-corrected chi connectivity index (χ3v) is 5.37. The predicted molar refractivity (Wildman–Crippen MR) is 87.6 cm³/mol. The van der Waals surface area contributed by atoms with Gasteiger partial charge in [-0.05, 0) is 62.8 Å². The number of hydrogen-bond acceptors (Lipinski definition) is 3. The molecule has 0 aromatic heterocycles. The second-order valence-corrected chi connectivity index (χ2v) is 7.04. The third-order valence-electron chi connectivity index (χ3n) is 5.37. The lowest BCUT2D eigenvalue weighted by molar-refractivity contribution is 0.0627. The summed E-state index contributed by atoms with van der Waals surface area (Å²) in [5, 5.41) is 3.76. The molecule has 0 radical (unpaired) electrons. The van der Waals surface area contributed by atoms with E-state index in [1.807, 2.05) is 0 Å². The molecule has 2 fully saturated rings. The van der Waals surface area contributed by atoms with Crippen molar-refractivity contribution >= 4 is 0 Å². The Morgan fingerprint density at radius 3 is 2.57 bits per heavy atom. The molecule has 3 atom stereocenters. The molecule has 0 heterocycles. The van der Waals surface area contributed by atoms with Gasteiger partial charge in [-0.25, -0.2) is 0 Å². The molecule has 2 aliphatic carbocycles. The maximum absolute atomic E-state index is 5.62. The Bertz CT molecular complexity index is 268. The topological polar surface area (TPSA) is 30.5 Å². The van der Waals surface area contributed by atoms with Gasteiger partial charge in [0.2, 0.25) is 0 Å². The highest BCUT2D eigenvalue weighted by Crippen LogP contribution is 2.38. The Balaban J connectivity index is 1.65. The highest BCUT2D eigenvalue weighted by atomic mass is 16.5. The molecule has 0 aromatic rings. The fourth-order valence-electron chi connectivity index (χ4n) is 3.71. The van der Waals surface area contributed by atoms with Crippen molar-refractivity contribution in [1.29, 1.82) is 0 Å². The SMILES string of the molecule is CCC1CCC(CNC2CC2)C(CCCOCCOC)C1. The van der Waals surface area contributed by atoms with Gasteiger partial charge in [-0.15, -0.1) is 0 Å². The summed E-state index contributed by atoms with van der Waals surface area (Å²) in [5.41, 5.74) is 0. The van der Waals surface area contributed by atoms with Gasteiger partial charge in [-0.3, -0.25) is 0 Å². The number of methoxy groups -OCH3 is 1. The van der Waals surface area contributed by atoms with Crippen LogP contribution in [0.4, 0.5) is 0 Å². The van der Waals surface area contributed by atoms with Crippen molar-refractivity contribution in [2.45, 2.75) is 64.3 Å². The van der Waals surface area contributed by atoms with Crippen LogP contribution in [-0.2, 0) is 9.47 Å². The van der Waals surface area contributed by atoms with Crippen LogP contribution in [0.25, 0.3) is 0 Å². The first-order chi connectivity index (χ1) is 10.3. The van der Waals surface area contributed by atoms with E-state index >= 15 is 0 Å². The van der Waals surface area contributed by atoms with Crippen LogP contribution in [0.2, 0.25) is 0 Å². The lowest BCUT2D eigenvalue weighted by Crippen LogP contribution is -2.34. The summed E-state index contributed by atoms with van der Waals surface area (Å²) in [4.78, 5) is 0. The van der Waals surface area contributed by atoms with Gasteiger partial charge in [0.15, 0.2) is 0 Å². The average molecular weight is 297 g/mol. The molecule has 0 amide bonds. The zero-order valence-electron chi connectivity index (χ0n) is 14.1. The molecule has 3 unspecified atom stereocenters. The van der Waals surface area contributed by atoms with Crippen molar-refractivity contribution in [1.82, 2.24) is 5.32 Å². The van der Waals surface area contributed by atoms with Crippen LogP contribution in [0.1, 0.15) is 58.3 Å². The van der Waals surface area contributed by atoms with Crippen LogP contribution in [0.3, 0.4) is 0 Å². The minimum absolute atomic E-state index is 0.718. The van der Waals surface area contributed by atoms with Crippen molar-refractivity contribution in [2.75, 3.05) is 33.5 Å². The number of rotatable bonds is 11. The molecule has 0 spiro atoms. The molecule has 0 aromatic carbocycles. The monoisotopic (exact) mass is 297 g/mol. The van der Waals surface area contributed by atoms with Gasteiger partial charge in [0, 0.05) is 19.8 Å². The molecule has 21 heavy (non-hydrogen) atoms. The van der Waals surface area contributed by atoms with Gasteiger partial charge < -0.3 is 14.8 Å². The van der Waals surface area contributed by atoms with Crippen LogP contribution in [0.15, 0.2) is 0 Å². The summed E-state index contributed by atoms with van der Waals surface area (Å²) in [7, 11) is 1.73. The second kappa shape index (κ2) is 9.81. The Hall–Kier alpha value is -0.120. The molecular formula is C18H35NO2. The minimum atomic E-state index is 0.718. The molecular weight excluding hydrogens is 262 g/mol. The second-order valence-electron chi connectivity index (χ2n) is 7.04. The molecule has 124 valence electrons. The number of hydrogen-bond donors (Lipinski definition) is 1. The first kappa shape index (κ1) is 17.2. The molecule has 0 bridgehead atoms. The summed E-state index contributed by atoms with van der Waals surface area (Å²) in [6.45, 7) is 5.98. The average Bonchev–Trinajstić information content (AvgIpc) is 3.33. The molecule has 2 rings (SSSR count). The summed E-state index contributed by atoms with van der Waals surface area (Å²) in [6, 6.07) is 0.854. The van der Waals surface area contributed by atoms with E-state index in [0.717, 1.165) is 43.6 Å². The van der Waals surface area contributed by atoms with E-state index in [2.05, 4.69) is 12.2 Å². The maximum atomic E-state index is 5.62. The lowest BCUT2D eigenvalue weighted by Gasteiger charge is -2.36. The lowest BCUT2D eigenvalue weighted by atomic mass is 9.71. The Kier molecular flexibility index (Phi) is 8.05. The van der Waals surface area contributed by atoms with Gasteiger partial charge >= 0.3 is 0 Å². The molecule has 1 N–H and O–H groups in total. The smallest absolute Gasteiger partial charge is 0.0700 e. The van der Waals surface area contributed by atoms with E-state index in [0.29, 0.717) is 0 Å². The largest absolute Gasteiger partial charge is 0.382 e. The fraction of sp³-hybridized carbons (Fsp3) is 1.00. The molecule has 2 saturated carbocycles. The van der Waals surface area contributed by atoms with Gasteiger partial charge in [0.05, 0.1) is 13.2 Å². The quantitative estimate of drug-likeness (QED) is 0.591. The highest BCUT2D eigenvalue weighted by Gasteiger charge is 2.30. The molecule has 3 nitrogen and oxygen atoms in total. The standard InChI is InChI=1S/C18H35NO2/c1-3-15-6-7-17(14-19-18-8-9-18)16(13-15)5-4-10-21-12-11-20-2/h15-19H,3-14H2,1-2H3. The van der Waals surface area contributed by atoms with Gasteiger partial charge in [0.25, 0.3) is 0 Å². The Labute approximate surface area is 131 Å². The zero-order valence-corrected chi connectivity index (χ0v) is 14.1. The van der Waals surface area contributed by atoms with E-state index < -0.39 is 0 Å². The summed E-state index contributed by atoms with van der Waals surface area (Å²) in [6.07, 6.45) is 11.1. The summed E-state index contributed by atoms with van der Waals surface area (Å²) >= 11 is 0. The van der Waals surface area contributed by atoms with Crippen molar-refractivity contribution in [3.05, 3.63) is 0 Å². The Morgan fingerprint density at radius 1 is 1.00 bits per heavy atom. The van der Waals surface area contributed by atoms with E-state index in [1.54, 1.807) is 7.11 Å². The summed E-state index contributed by atoms with van der Waals surface area (Å²) in [5.74, 6) is 2.80. The number of ether oxygens (including phenoxy) is 2. The van der Waals surface area contributed by atoms with Crippen molar-refractivity contribution in [2.24, 2.45) is 17.8 Å². The number of nitrogens with one attached hydrogen (secondary N) is 1. The van der Waals surface area contributed by atoms with E-state index in [4.69, 9.17) is 9.47 Å². The normalized spacial score (nSPS) is 29.7. The predicted octanol–water partition coefficient (Wildman–Crippen LogP) is 3.62. The van der Waals surface area contributed by atoms with E-state index in [-0.39, 0.29) is 0 Å². The molecule has 3 heteroatoms. The minimum Gasteiger partial charge on any atom is -0.382 e. The Morgan fingerprint density at radius 2 is 1.86 bits per heavy atom. The van der Waals surface area contributed by atoms with Crippen molar-refractivity contribution < 1.29 is 9.47 Å². The molecule has 0 saturated heterocycles. The van der Waals surface area contributed by atoms with Crippen LogP contribution in [0.5, 0.6) is 0 Å². The van der Waals surface area contributed by atoms with Crippen LogP contribution < -0.4 is 5.32 Å². The van der Waals surface area contributed by atoms with Crippen LogP contribution >= 0.6 is 0 Å². The summed E-state index contributed by atoms with van der Waals surface area (Å²) < 4.78 is 10.6.